The fourth-order valence-electron chi connectivity index (χ4n) is 9.98. The fourth-order valence-corrected chi connectivity index (χ4v) is 13.0. The summed E-state index contributed by atoms with van der Waals surface area (Å²) < 4.78 is 3.14. The molecular formula is C57H63N11O4S3. The lowest BCUT2D eigenvalue weighted by Gasteiger charge is -2.24. The van der Waals surface area contributed by atoms with E-state index < -0.39 is 0 Å². The summed E-state index contributed by atoms with van der Waals surface area (Å²) >= 11 is 4.64. The standard InChI is InChI=1S/C57H63N11O4S3/c69-51-38-25-36(27-42(51)55-64-44-7-1-4-10-47(44)73-55)30-58-13-19-67-22-16-61-33-39-26-37(28-43(52(39)70)56-65-45-8-2-5-11-48(45)74-56)31-59-14-20-68(21-15-60-32-38)24-18-63-35-41-29-40(34-62-17-23-67)53(71)50(54(41)72)57-66-46-9-3-6-12-49(46)75-57/h1-12,25-29,58-63,69-72H,13-24,30-35H2. The molecule has 8 bridgehead atoms. The summed E-state index contributed by atoms with van der Waals surface area (Å²) in [5.41, 5.74) is 9.70. The number of para-hydroxylation sites is 3. The molecule has 0 radical (unpaired) electrons. The Morgan fingerprint density at radius 2 is 0.680 bits per heavy atom. The Hall–Kier alpha value is -6.13. The molecule has 0 amide bonds. The molecule has 3 aliphatic rings. The van der Waals surface area contributed by atoms with Crippen LogP contribution in [-0.4, -0.2) is 124 Å². The van der Waals surface area contributed by atoms with Crippen LogP contribution in [0.25, 0.3) is 62.4 Å². The van der Waals surface area contributed by atoms with E-state index in [1.807, 2.05) is 66.7 Å². The average Bonchev–Trinajstić information content (AvgIpc) is 4.19. The number of phenols is 4. The number of fused-ring (bicyclic) bond motifs is 21. The number of hydrogen-bond donors (Lipinski definition) is 10. The Balaban J connectivity index is 0.900. The van der Waals surface area contributed by atoms with Gasteiger partial charge in [0.25, 0.3) is 0 Å². The highest BCUT2D eigenvalue weighted by Crippen LogP contribution is 2.45. The largest absolute Gasteiger partial charge is 0.507 e. The molecule has 3 aromatic heterocycles. The average molecular weight is 1060 g/mol. The zero-order valence-corrected chi connectivity index (χ0v) is 44.2. The quantitative estimate of drug-likeness (QED) is 0.0819. The monoisotopic (exact) mass is 1060 g/mol. The fraction of sp³-hybridized carbons (Fsp3) is 0.316. The van der Waals surface area contributed by atoms with E-state index in [2.05, 4.69) is 78.1 Å². The van der Waals surface area contributed by atoms with Crippen molar-refractivity contribution in [2.75, 3.05) is 78.5 Å². The van der Waals surface area contributed by atoms with Crippen LogP contribution < -0.4 is 31.9 Å². The Bertz CT molecular complexity index is 3150. The molecule has 0 spiro atoms. The van der Waals surface area contributed by atoms with Gasteiger partial charge in [-0.1, -0.05) is 36.4 Å². The van der Waals surface area contributed by atoms with Gasteiger partial charge in [0, 0.05) is 140 Å². The van der Waals surface area contributed by atoms with Crippen LogP contribution in [0.2, 0.25) is 0 Å². The number of benzene rings is 6. The lowest BCUT2D eigenvalue weighted by Crippen LogP contribution is -2.40. The second-order valence-corrected chi connectivity index (χ2v) is 22.4. The van der Waals surface area contributed by atoms with Crippen LogP contribution in [0.4, 0.5) is 0 Å². The molecule has 2 atom stereocenters. The third-order valence-corrected chi connectivity index (χ3v) is 17.2. The van der Waals surface area contributed by atoms with E-state index in [1.165, 1.54) is 11.3 Å². The van der Waals surface area contributed by atoms with E-state index >= 15 is 0 Å². The maximum atomic E-state index is 11.9. The molecular weight excluding hydrogens is 999 g/mol. The van der Waals surface area contributed by atoms with Gasteiger partial charge in [0.05, 0.1) is 47.3 Å². The second-order valence-electron chi connectivity index (χ2n) is 19.3. The molecule has 15 nitrogen and oxygen atoms in total. The molecule has 3 aliphatic heterocycles. The van der Waals surface area contributed by atoms with Gasteiger partial charge in [-0.3, -0.25) is 9.80 Å². The number of hydrogen-bond acceptors (Lipinski definition) is 18. The number of nitrogens with zero attached hydrogens (tertiary/aromatic N) is 5. The van der Waals surface area contributed by atoms with Crippen molar-refractivity contribution in [2.24, 2.45) is 0 Å². The lowest BCUT2D eigenvalue weighted by atomic mass is 10.0. The normalized spacial score (nSPS) is 18.4. The molecule has 0 saturated carbocycles. The molecule has 2 unspecified atom stereocenters. The summed E-state index contributed by atoms with van der Waals surface area (Å²) in [5.74, 6) is 0.564. The molecule has 0 fully saturated rings. The zero-order valence-electron chi connectivity index (χ0n) is 41.8. The van der Waals surface area contributed by atoms with Crippen molar-refractivity contribution >= 4 is 64.7 Å². The van der Waals surface area contributed by atoms with Crippen molar-refractivity contribution in [3.8, 4) is 54.7 Å². The molecule has 18 heteroatoms. The Morgan fingerprint density at radius 1 is 0.360 bits per heavy atom. The van der Waals surface area contributed by atoms with Crippen molar-refractivity contribution in [1.82, 2.24) is 56.7 Å². The first-order chi connectivity index (χ1) is 36.8. The van der Waals surface area contributed by atoms with Crippen LogP contribution in [0.5, 0.6) is 23.0 Å². The number of phenolic OH excluding ortho intramolecular Hbond substituents is 4. The summed E-state index contributed by atoms with van der Waals surface area (Å²) in [7, 11) is 0. The summed E-state index contributed by atoms with van der Waals surface area (Å²) in [4.78, 5) is 19.6. The first-order valence-electron chi connectivity index (χ1n) is 25.8. The maximum Gasteiger partial charge on any atom is 0.134 e. The zero-order chi connectivity index (χ0) is 51.1. The molecule has 75 heavy (non-hydrogen) atoms. The third-order valence-electron chi connectivity index (χ3n) is 14.0. The van der Waals surface area contributed by atoms with E-state index in [1.54, 1.807) is 22.7 Å². The van der Waals surface area contributed by atoms with Crippen LogP contribution >= 0.6 is 34.0 Å². The van der Waals surface area contributed by atoms with Crippen LogP contribution in [0.3, 0.4) is 0 Å². The summed E-state index contributed by atoms with van der Waals surface area (Å²) in [6.45, 7) is 11.5. The molecule has 10 N–H and O–H groups in total. The summed E-state index contributed by atoms with van der Waals surface area (Å²) in [6.07, 6.45) is 0. The topological polar surface area (TPSA) is 198 Å². The van der Waals surface area contributed by atoms with Gasteiger partial charge >= 0.3 is 0 Å². The number of thiazole rings is 3. The van der Waals surface area contributed by atoms with E-state index in [9.17, 15) is 20.4 Å². The van der Waals surface area contributed by atoms with Gasteiger partial charge in [0.1, 0.15) is 38.0 Å². The van der Waals surface area contributed by atoms with Crippen molar-refractivity contribution in [3.05, 3.63) is 137 Å². The van der Waals surface area contributed by atoms with Gasteiger partial charge in [-0.2, -0.15) is 0 Å². The Morgan fingerprint density at radius 3 is 1.05 bits per heavy atom. The minimum Gasteiger partial charge on any atom is -0.507 e. The van der Waals surface area contributed by atoms with Gasteiger partial charge in [-0.05, 0) is 77.9 Å². The summed E-state index contributed by atoms with van der Waals surface area (Å²) in [6, 6.07) is 34.4. The highest BCUT2D eigenvalue weighted by Gasteiger charge is 2.23. The predicted octanol–water partition coefficient (Wildman–Crippen LogP) is 7.91. The first kappa shape index (κ1) is 51.0. The maximum absolute atomic E-state index is 11.9. The van der Waals surface area contributed by atoms with E-state index in [4.69, 9.17) is 15.0 Å². The number of aromatic hydroxyl groups is 4. The number of aromatic nitrogens is 3. The molecule has 9 aromatic rings. The highest BCUT2D eigenvalue weighted by molar-refractivity contribution is 7.22. The van der Waals surface area contributed by atoms with Gasteiger partial charge in [0.15, 0.2) is 0 Å². The third kappa shape index (κ3) is 12.0. The Labute approximate surface area is 448 Å². The minimum atomic E-state index is 0.0319. The van der Waals surface area contributed by atoms with E-state index in [0.717, 1.165) is 113 Å². The van der Waals surface area contributed by atoms with Gasteiger partial charge in [-0.15, -0.1) is 34.0 Å². The van der Waals surface area contributed by atoms with E-state index in [0.29, 0.717) is 100 Å². The van der Waals surface area contributed by atoms with Crippen molar-refractivity contribution < 1.29 is 20.4 Å². The Kier molecular flexibility index (Phi) is 16.2. The van der Waals surface area contributed by atoms with Crippen LogP contribution in [0.15, 0.2) is 103 Å². The molecule has 0 saturated heterocycles. The van der Waals surface area contributed by atoms with Gasteiger partial charge in [-0.25, -0.2) is 15.0 Å². The lowest BCUT2D eigenvalue weighted by molar-refractivity contribution is 0.270. The second kappa shape index (κ2) is 23.8. The SMILES string of the molecule is Oc1c2cc(cc1-c1nc3ccccc3s1)CNCCN1CCNCc3cc(cc(-c4nc5ccccc5s4)c3O)CNCCN(CCNC2)CCNCc2cc(c(O)c(-c3nc4ccccc4s3)c2O)CNCC1. The predicted molar refractivity (Wildman–Crippen MR) is 305 cm³/mol. The van der Waals surface area contributed by atoms with Gasteiger partial charge in [0.2, 0.25) is 0 Å². The molecule has 388 valence electrons. The van der Waals surface area contributed by atoms with Crippen LogP contribution in [-0.2, 0) is 39.3 Å². The van der Waals surface area contributed by atoms with Crippen molar-refractivity contribution in [1.29, 1.82) is 0 Å². The first-order valence-corrected chi connectivity index (χ1v) is 28.3. The molecule has 6 aromatic carbocycles. The van der Waals surface area contributed by atoms with Crippen molar-refractivity contribution in [2.45, 2.75) is 39.3 Å². The van der Waals surface area contributed by atoms with Crippen molar-refractivity contribution in [3.63, 3.8) is 0 Å². The highest BCUT2D eigenvalue weighted by atomic mass is 32.1. The smallest absolute Gasteiger partial charge is 0.134 e. The summed E-state index contributed by atoms with van der Waals surface area (Å²) in [5, 5.41) is 71.7. The molecule has 0 aliphatic carbocycles. The minimum absolute atomic E-state index is 0.0319. The van der Waals surface area contributed by atoms with Gasteiger partial charge < -0.3 is 52.3 Å². The number of nitrogens with one attached hydrogen (secondary N) is 6. The van der Waals surface area contributed by atoms with Crippen LogP contribution in [0.1, 0.15) is 33.4 Å². The molecule has 12 rings (SSSR count). The molecule has 6 heterocycles. The number of rotatable bonds is 3. The van der Waals surface area contributed by atoms with E-state index in [-0.39, 0.29) is 23.0 Å². The van der Waals surface area contributed by atoms with Crippen LogP contribution in [0, 0.1) is 0 Å².